The lowest BCUT2D eigenvalue weighted by Gasteiger charge is -2.05. The first kappa shape index (κ1) is 9.21. The smallest absolute Gasteiger partial charge is 0.224 e. The molecule has 0 saturated heterocycles. The highest BCUT2D eigenvalue weighted by molar-refractivity contribution is 9.10. The SMILES string of the molecule is CC1CC1Nc1nc(Cl)ncc1Br. The van der Waals surface area contributed by atoms with Crippen molar-refractivity contribution >= 4 is 33.3 Å². The summed E-state index contributed by atoms with van der Waals surface area (Å²) in [4.78, 5) is 7.94. The minimum Gasteiger partial charge on any atom is -0.366 e. The zero-order valence-corrected chi connectivity index (χ0v) is 9.43. The van der Waals surface area contributed by atoms with Crippen LogP contribution in [0.2, 0.25) is 5.28 Å². The molecule has 2 atom stereocenters. The van der Waals surface area contributed by atoms with Gasteiger partial charge >= 0.3 is 0 Å². The maximum atomic E-state index is 5.67. The van der Waals surface area contributed by atoms with Crippen molar-refractivity contribution in [2.45, 2.75) is 19.4 Å². The van der Waals surface area contributed by atoms with Crippen molar-refractivity contribution in [1.29, 1.82) is 0 Å². The lowest BCUT2D eigenvalue weighted by molar-refractivity contribution is 0.920. The van der Waals surface area contributed by atoms with Crippen LogP contribution in [0.25, 0.3) is 0 Å². The van der Waals surface area contributed by atoms with Crippen LogP contribution in [-0.4, -0.2) is 16.0 Å². The molecule has 1 aromatic rings. The number of anilines is 1. The van der Waals surface area contributed by atoms with Gasteiger partial charge in [-0.3, -0.25) is 0 Å². The van der Waals surface area contributed by atoms with E-state index in [-0.39, 0.29) is 5.28 Å². The molecule has 1 heterocycles. The second kappa shape index (κ2) is 3.42. The molecular weight excluding hydrogens is 253 g/mol. The van der Waals surface area contributed by atoms with Gasteiger partial charge in [0.05, 0.1) is 4.47 Å². The molecule has 1 fully saturated rings. The predicted molar refractivity (Wildman–Crippen MR) is 55.9 cm³/mol. The van der Waals surface area contributed by atoms with Crippen LogP contribution in [0.15, 0.2) is 10.7 Å². The average molecular weight is 263 g/mol. The van der Waals surface area contributed by atoms with E-state index in [1.807, 2.05) is 0 Å². The van der Waals surface area contributed by atoms with Crippen molar-refractivity contribution in [2.75, 3.05) is 5.32 Å². The summed E-state index contributed by atoms with van der Waals surface area (Å²) in [5.74, 6) is 1.52. The topological polar surface area (TPSA) is 37.8 Å². The second-order valence-corrected chi connectivity index (χ2v) is 4.49. The summed E-state index contributed by atoms with van der Waals surface area (Å²) in [6, 6.07) is 0.544. The van der Waals surface area contributed by atoms with Gasteiger partial charge in [0.2, 0.25) is 5.28 Å². The summed E-state index contributed by atoms with van der Waals surface area (Å²) < 4.78 is 0.857. The maximum Gasteiger partial charge on any atom is 0.224 e. The van der Waals surface area contributed by atoms with Gasteiger partial charge in [0.1, 0.15) is 5.82 Å². The molecule has 70 valence electrons. The normalized spacial score (nSPS) is 25.8. The van der Waals surface area contributed by atoms with E-state index < -0.39 is 0 Å². The maximum absolute atomic E-state index is 5.67. The molecule has 2 rings (SSSR count). The number of nitrogens with one attached hydrogen (secondary N) is 1. The van der Waals surface area contributed by atoms with Crippen LogP contribution in [-0.2, 0) is 0 Å². The van der Waals surface area contributed by atoms with Crippen molar-refractivity contribution in [1.82, 2.24) is 9.97 Å². The van der Waals surface area contributed by atoms with Crippen molar-refractivity contribution in [3.63, 3.8) is 0 Å². The van der Waals surface area contributed by atoms with E-state index in [1.54, 1.807) is 6.20 Å². The summed E-state index contributed by atoms with van der Waals surface area (Å²) in [7, 11) is 0. The van der Waals surface area contributed by atoms with Gasteiger partial charge in [-0.05, 0) is 39.9 Å². The van der Waals surface area contributed by atoms with Gasteiger partial charge in [0.15, 0.2) is 0 Å². The lowest BCUT2D eigenvalue weighted by Crippen LogP contribution is -2.06. The Hall–Kier alpha value is -0.350. The summed E-state index contributed by atoms with van der Waals surface area (Å²) >= 11 is 9.03. The first-order valence-electron chi connectivity index (χ1n) is 4.11. The molecule has 3 nitrogen and oxygen atoms in total. The van der Waals surface area contributed by atoms with Crippen LogP contribution in [0.3, 0.4) is 0 Å². The Morgan fingerprint density at radius 2 is 2.38 bits per heavy atom. The standard InChI is InChI=1S/C8H9BrClN3/c1-4-2-6(4)12-7-5(9)3-11-8(10)13-7/h3-4,6H,2H2,1H3,(H,11,12,13). The van der Waals surface area contributed by atoms with Crippen molar-refractivity contribution in [3.8, 4) is 0 Å². The van der Waals surface area contributed by atoms with E-state index in [2.05, 4.69) is 38.1 Å². The molecular formula is C8H9BrClN3. The highest BCUT2D eigenvalue weighted by Crippen LogP contribution is 2.34. The molecule has 0 radical (unpaired) electrons. The largest absolute Gasteiger partial charge is 0.366 e. The van der Waals surface area contributed by atoms with E-state index in [0.717, 1.165) is 16.2 Å². The minimum absolute atomic E-state index is 0.277. The third kappa shape index (κ3) is 2.11. The molecule has 5 heteroatoms. The molecule has 1 aliphatic rings. The predicted octanol–water partition coefficient (Wildman–Crippen LogP) is 2.71. The van der Waals surface area contributed by atoms with Crippen LogP contribution < -0.4 is 5.32 Å². The van der Waals surface area contributed by atoms with Crippen LogP contribution in [0.5, 0.6) is 0 Å². The summed E-state index contributed by atoms with van der Waals surface area (Å²) in [6.45, 7) is 2.20. The van der Waals surface area contributed by atoms with E-state index in [4.69, 9.17) is 11.6 Å². The van der Waals surface area contributed by atoms with Crippen molar-refractivity contribution < 1.29 is 0 Å². The average Bonchev–Trinajstić information content (AvgIpc) is 2.75. The molecule has 0 aromatic carbocycles. The first-order chi connectivity index (χ1) is 6.16. The Morgan fingerprint density at radius 1 is 1.69 bits per heavy atom. The molecule has 0 bridgehead atoms. The second-order valence-electron chi connectivity index (χ2n) is 3.30. The van der Waals surface area contributed by atoms with Crippen LogP contribution in [0, 0.1) is 5.92 Å². The van der Waals surface area contributed by atoms with Gasteiger partial charge in [0.25, 0.3) is 0 Å². The summed E-state index contributed by atoms with van der Waals surface area (Å²) in [5, 5.41) is 3.57. The van der Waals surface area contributed by atoms with E-state index >= 15 is 0 Å². The van der Waals surface area contributed by atoms with Crippen molar-refractivity contribution in [3.05, 3.63) is 16.0 Å². The van der Waals surface area contributed by atoms with Crippen molar-refractivity contribution in [2.24, 2.45) is 5.92 Å². The fraction of sp³-hybridized carbons (Fsp3) is 0.500. The van der Waals surface area contributed by atoms with Gasteiger partial charge < -0.3 is 5.32 Å². The van der Waals surface area contributed by atoms with E-state index in [0.29, 0.717) is 6.04 Å². The molecule has 1 aromatic heterocycles. The highest BCUT2D eigenvalue weighted by Gasteiger charge is 2.33. The summed E-state index contributed by atoms with van der Waals surface area (Å²) in [5.41, 5.74) is 0. The summed E-state index contributed by atoms with van der Waals surface area (Å²) in [6.07, 6.45) is 2.86. The Kier molecular flexibility index (Phi) is 2.43. The third-order valence-electron chi connectivity index (χ3n) is 2.15. The number of rotatable bonds is 2. The van der Waals surface area contributed by atoms with Crippen LogP contribution in [0.4, 0.5) is 5.82 Å². The quantitative estimate of drug-likeness (QED) is 0.833. The van der Waals surface area contributed by atoms with Gasteiger partial charge in [-0.1, -0.05) is 6.92 Å². The Morgan fingerprint density at radius 3 is 3.00 bits per heavy atom. The lowest BCUT2D eigenvalue weighted by atomic mass is 10.4. The number of nitrogens with zero attached hydrogens (tertiary/aromatic N) is 2. The zero-order valence-electron chi connectivity index (χ0n) is 7.09. The van der Waals surface area contributed by atoms with Gasteiger partial charge in [-0.25, -0.2) is 4.98 Å². The molecule has 0 amide bonds. The van der Waals surface area contributed by atoms with Crippen LogP contribution >= 0.6 is 27.5 Å². The minimum atomic E-state index is 0.277. The van der Waals surface area contributed by atoms with Gasteiger partial charge in [0, 0.05) is 12.2 Å². The Bertz CT molecular complexity index is 331. The van der Waals surface area contributed by atoms with Crippen LogP contribution in [0.1, 0.15) is 13.3 Å². The van der Waals surface area contributed by atoms with Gasteiger partial charge in [-0.15, -0.1) is 0 Å². The monoisotopic (exact) mass is 261 g/mol. The van der Waals surface area contributed by atoms with E-state index in [9.17, 15) is 0 Å². The van der Waals surface area contributed by atoms with Gasteiger partial charge in [-0.2, -0.15) is 4.98 Å². The Labute approximate surface area is 90.0 Å². The molecule has 2 unspecified atom stereocenters. The molecule has 0 aliphatic heterocycles. The molecule has 1 saturated carbocycles. The number of hydrogen-bond acceptors (Lipinski definition) is 3. The fourth-order valence-corrected chi connectivity index (χ4v) is 1.58. The number of hydrogen-bond donors (Lipinski definition) is 1. The first-order valence-corrected chi connectivity index (χ1v) is 5.28. The number of halogens is 2. The van der Waals surface area contributed by atoms with E-state index in [1.165, 1.54) is 6.42 Å². The fourth-order valence-electron chi connectivity index (χ4n) is 1.15. The third-order valence-corrected chi connectivity index (χ3v) is 2.91. The molecule has 13 heavy (non-hydrogen) atoms. The molecule has 1 aliphatic carbocycles. The highest BCUT2D eigenvalue weighted by atomic mass is 79.9. The number of aromatic nitrogens is 2. The molecule has 1 N–H and O–H groups in total. The zero-order chi connectivity index (χ0) is 9.42. The molecule has 0 spiro atoms. The Balaban J connectivity index is 2.14.